The second-order valence-electron chi connectivity index (χ2n) is 4.57. The number of hydrogen-bond acceptors (Lipinski definition) is 3. The standard InChI is InChI=1S/C13H17N3O2/c17-13-15-6-8-16(13)7-5-14-11-9-18-12-4-2-1-3-10(11)12/h1-4,11,14H,5-9H2,(H,15,17). The number of fused-ring (bicyclic) bond motifs is 1. The summed E-state index contributed by atoms with van der Waals surface area (Å²) in [7, 11) is 0. The Bertz CT molecular complexity index is 450. The van der Waals surface area contributed by atoms with Crippen molar-refractivity contribution in [1.82, 2.24) is 15.5 Å². The average Bonchev–Trinajstić information content (AvgIpc) is 2.97. The Balaban J connectivity index is 1.51. The van der Waals surface area contributed by atoms with Crippen LogP contribution in [0.2, 0.25) is 0 Å². The number of nitrogens with one attached hydrogen (secondary N) is 2. The minimum atomic E-state index is 0.0415. The minimum absolute atomic E-state index is 0.0415. The molecule has 1 aromatic carbocycles. The highest BCUT2D eigenvalue weighted by atomic mass is 16.5. The summed E-state index contributed by atoms with van der Waals surface area (Å²) in [4.78, 5) is 13.2. The van der Waals surface area contributed by atoms with Crippen LogP contribution in [0.5, 0.6) is 5.75 Å². The zero-order chi connectivity index (χ0) is 12.4. The van der Waals surface area contributed by atoms with Gasteiger partial charge in [-0.25, -0.2) is 4.79 Å². The summed E-state index contributed by atoms with van der Waals surface area (Å²) in [5.74, 6) is 0.967. The van der Waals surface area contributed by atoms with E-state index in [9.17, 15) is 4.79 Å². The minimum Gasteiger partial charge on any atom is -0.491 e. The molecule has 5 nitrogen and oxygen atoms in total. The number of benzene rings is 1. The molecule has 1 unspecified atom stereocenters. The summed E-state index contributed by atoms with van der Waals surface area (Å²) < 4.78 is 5.60. The molecule has 18 heavy (non-hydrogen) atoms. The van der Waals surface area contributed by atoms with Gasteiger partial charge in [0.1, 0.15) is 12.4 Å². The van der Waals surface area contributed by atoms with Crippen molar-refractivity contribution >= 4 is 6.03 Å². The van der Waals surface area contributed by atoms with Crippen molar-refractivity contribution in [2.75, 3.05) is 32.8 Å². The highest BCUT2D eigenvalue weighted by Crippen LogP contribution is 2.31. The molecule has 2 aliphatic rings. The molecule has 0 bridgehead atoms. The summed E-state index contributed by atoms with van der Waals surface area (Å²) in [6.07, 6.45) is 0. The van der Waals surface area contributed by atoms with Crippen LogP contribution in [0.3, 0.4) is 0 Å². The van der Waals surface area contributed by atoms with E-state index in [0.717, 1.165) is 31.9 Å². The molecule has 0 radical (unpaired) electrons. The van der Waals surface area contributed by atoms with Crippen molar-refractivity contribution in [3.8, 4) is 5.75 Å². The molecular formula is C13H17N3O2. The lowest BCUT2D eigenvalue weighted by Crippen LogP contribution is -2.36. The lowest BCUT2D eigenvalue weighted by Gasteiger charge is -2.16. The van der Waals surface area contributed by atoms with E-state index < -0.39 is 0 Å². The van der Waals surface area contributed by atoms with E-state index in [0.29, 0.717) is 6.61 Å². The van der Waals surface area contributed by atoms with Crippen LogP contribution in [-0.4, -0.2) is 43.7 Å². The largest absolute Gasteiger partial charge is 0.491 e. The average molecular weight is 247 g/mol. The first-order valence-electron chi connectivity index (χ1n) is 6.32. The van der Waals surface area contributed by atoms with Crippen LogP contribution < -0.4 is 15.4 Å². The molecular weight excluding hydrogens is 230 g/mol. The van der Waals surface area contributed by atoms with Gasteiger partial charge in [0.15, 0.2) is 0 Å². The molecule has 2 N–H and O–H groups in total. The molecule has 0 aromatic heterocycles. The van der Waals surface area contributed by atoms with E-state index in [1.807, 2.05) is 23.1 Å². The van der Waals surface area contributed by atoms with Crippen molar-refractivity contribution in [2.24, 2.45) is 0 Å². The van der Waals surface area contributed by atoms with Gasteiger partial charge in [0, 0.05) is 31.7 Å². The van der Waals surface area contributed by atoms with Gasteiger partial charge in [0.2, 0.25) is 0 Å². The summed E-state index contributed by atoms with van der Waals surface area (Å²) in [5.41, 5.74) is 1.21. The highest BCUT2D eigenvalue weighted by molar-refractivity contribution is 5.76. The van der Waals surface area contributed by atoms with Gasteiger partial charge in [-0.2, -0.15) is 0 Å². The summed E-state index contributed by atoms with van der Waals surface area (Å²) >= 11 is 0. The zero-order valence-corrected chi connectivity index (χ0v) is 10.2. The maximum atomic E-state index is 11.4. The van der Waals surface area contributed by atoms with Crippen molar-refractivity contribution in [3.63, 3.8) is 0 Å². The Hall–Kier alpha value is -1.75. The van der Waals surface area contributed by atoms with E-state index >= 15 is 0 Å². The van der Waals surface area contributed by atoms with Gasteiger partial charge < -0.3 is 20.3 Å². The number of carbonyl (C=O) groups is 1. The second kappa shape index (κ2) is 4.86. The Morgan fingerprint density at radius 2 is 2.33 bits per heavy atom. The predicted octanol–water partition coefficient (Wildman–Crippen LogP) is 0.735. The van der Waals surface area contributed by atoms with Gasteiger partial charge >= 0.3 is 6.03 Å². The summed E-state index contributed by atoms with van der Waals surface area (Å²) in [6.45, 7) is 3.76. The lowest BCUT2D eigenvalue weighted by molar-refractivity contribution is 0.216. The quantitative estimate of drug-likeness (QED) is 0.825. The van der Waals surface area contributed by atoms with Crippen molar-refractivity contribution < 1.29 is 9.53 Å². The summed E-state index contributed by atoms with van der Waals surface area (Å²) in [6, 6.07) is 8.37. The molecule has 1 atom stereocenters. The molecule has 1 aromatic rings. The maximum Gasteiger partial charge on any atom is 0.317 e. The Labute approximate surface area is 106 Å². The molecule has 1 fully saturated rings. The normalized spacial score (nSPS) is 21.7. The second-order valence-corrected chi connectivity index (χ2v) is 4.57. The molecule has 2 heterocycles. The molecule has 0 spiro atoms. The molecule has 96 valence electrons. The van der Waals surface area contributed by atoms with E-state index in [-0.39, 0.29) is 12.1 Å². The third-order valence-corrected chi connectivity index (χ3v) is 3.42. The Kier molecular flexibility index (Phi) is 3.06. The van der Waals surface area contributed by atoms with Crippen LogP contribution in [0.4, 0.5) is 4.79 Å². The Morgan fingerprint density at radius 3 is 3.17 bits per heavy atom. The number of ether oxygens (including phenoxy) is 1. The molecule has 2 aliphatic heterocycles. The van der Waals surface area contributed by atoms with Crippen LogP contribution in [0.15, 0.2) is 24.3 Å². The van der Waals surface area contributed by atoms with Crippen LogP contribution in [0.25, 0.3) is 0 Å². The van der Waals surface area contributed by atoms with E-state index in [4.69, 9.17) is 4.74 Å². The molecule has 0 saturated carbocycles. The highest BCUT2D eigenvalue weighted by Gasteiger charge is 2.24. The fourth-order valence-electron chi connectivity index (χ4n) is 2.43. The van der Waals surface area contributed by atoms with Gasteiger partial charge in [0.05, 0.1) is 6.04 Å². The molecule has 1 saturated heterocycles. The smallest absolute Gasteiger partial charge is 0.317 e. The monoisotopic (exact) mass is 247 g/mol. The molecule has 0 aliphatic carbocycles. The number of rotatable bonds is 4. The third kappa shape index (κ3) is 2.13. The topological polar surface area (TPSA) is 53.6 Å². The Morgan fingerprint density at radius 1 is 1.44 bits per heavy atom. The first-order valence-corrected chi connectivity index (χ1v) is 6.32. The number of carbonyl (C=O) groups excluding carboxylic acids is 1. The van der Waals surface area contributed by atoms with Crippen molar-refractivity contribution in [1.29, 1.82) is 0 Å². The van der Waals surface area contributed by atoms with Gasteiger partial charge in [-0.1, -0.05) is 18.2 Å². The molecule has 5 heteroatoms. The SMILES string of the molecule is O=C1NCCN1CCNC1COc2ccccc21. The molecule has 3 rings (SSSR count). The van der Waals surface area contributed by atoms with E-state index in [2.05, 4.69) is 16.7 Å². The predicted molar refractivity (Wildman–Crippen MR) is 67.7 cm³/mol. The zero-order valence-electron chi connectivity index (χ0n) is 10.2. The van der Waals surface area contributed by atoms with Crippen molar-refractivity contribution in [3.05, 3.63) is 29.8 Å². The number of amides is 2. The lowest BCUT2D eigenvalue weighted by atomic mass is 10.1. The van der Waals surface area contributed by atoms with Gasteiger partial charge in [0.25, 0.3) is 0 Å². The molecule has 2 amide bonds. The van der Waals surface area contributed by atoms with Crippen LogP contribution in [0.1, 0.15) is 11.6 Å². The van der Waals surface area contributed by atoms with Gasteiger partial charge in [-0.3, -0.25) is 0 Å². The fraction of sp³-hybridized carbons (Fsp3) is 0.462. The summed E-state index contributed by atoms with van der Waals surface area (Å²) in [5, 5.41) is 6.24. The maximum absolute atomic E-state index is 11.4. The third-order valence-electron chi connectivity index (χ3n) is 3.42. The number of urea groups is 1. The number of para-hydroxylation sites is 1. The number of nitrogens with zero attached hydrogens (tertiary/aromatic N) is 1. The van der Waals surface area contributed by atoms with Crippen LogP contribution >= 0.6 is 0 Å². The first-order chi connectivity index (χ1) is 8.84. The van der Waals surface area contributed by atoms with Crippen molar-refractivity contribution in [2.45, 2.75) is 6.04 Å². The first kappa shape index (κ1) is 11.3. The van der Waals surface area contributed by atoms with E-state index in [1.165, 1.54) is 5.56 Å². The fourth-order valence-corrected chi connectivity index (χ4v) is 2.43. The number of hydrogen-bond donors (Lipinski definition) is 2. The van der Waals surface area contributed by atoms with E-state index in [1.54, 1.807) is 0 Å². The van der Waals surface area contributed by atoms with Crippen LogP contribution in [0, 0.1) is 0 Å². The van der Waals surface area contributed by atoms with Gasteiger partial charge in [-0.15, -0.1) is 0 Å². The van der Waals surface area contributed by atoms with Crippen LogP contribution in [-0.2, 0) is 0 Å². The van der Waals surface area contributed by atoms with Gasteiger partial charge in [-0.05, 0) is 6.07 Å².